The second-order valence-corrected chi connectivity index (χ2v) is 5.13. The van der Waals surface area contributed by atoms with Gasteiger partial charge in [0, 0.05) is 13.1 Å². The Labute approximate surface area is 126 Å². The highest BCUT2D eigenvalue weighted by molar-refractivity contribution is 6.37. The van der Waals surface area contributed by atoms with Crippen molar-refractivity contribution >= 4 is 35.3 Å². The number of esters is 1. The minimum absolute atomic E-state index is 0.0911. The van der Waals surface area contributed by atoms with Crippen LogP contribution in [0.4, 0.5) is 4.79 Å². The number of amides is 1. The first-order valence-electron chi connectivity index (χ1n) is 6.07. The predicted octanol–water partition coefficient (Wildman–Crippen LogP) is 3.37. The van der Waals surface area contributed by atoms with Crippen LogP contribution in [0.2, 0.25) is 10.0 Å². The van der Waals surface area contributed by atoms with Crippen molar-refractivity contribution < 1.29 is 19.1 Å². The number of carbonyl (C=O) groups excluding carboxylic acids is 2. The molecule has 1 aromatic carbocycles. The van der Waals surface area contributed by atoms with Crippen LogP contribution in [-0.4, -0.2) is 37.2 Å². The van der Waals surface area contributed by atoms with Gasteiger partial charge in [-0.2, -0.15) is 0 Å². The maximum atomic E-state index is 11.9. The van der Waals surface area contributed by atoms with Crippen molar-refractivity contribution in [3.05, 3.63) is 27.7 Å². The summed E-state index contributed by atoms with van der Waals surface area (Å²) in [5.41, 5.74) is 0.0998. The molecule has 20 heavy (non-hydrogen) atoms. The Balaban J connectivity index is 2.22. The molecule has 1 aliphatic rings. The van der Waals surface area contributed by atoms with Gasteiger partial charge in [0.1, 0.15) is 0 Å². The molecule has 0 bridgehead atoms. The van der Waals surface area contributed by atoms with Crippen molar-refractivity contribution in [2.24, 2.45) is 0 Å². The summed E-state index contributed by atoms with van der Waals surface area (Å²) in [6, 6.07) is 2.66. The quantitative estimate of drug-likeness (QED) is 0.785. The molecule has 5 nitrogen and oxygen atoms in total. The molecule has 1 aromatic rings. The molecular formula is C13H13Cl2NO4. The highest BCUT2D eigenvalue weighted by Gasteiger charge is 2.22. The molecule has 0 atom stereocenters. The minimum Gasteiger partial charge on any atom is -0.465 e. The van der Waals surface area contributed by atoms with Gasteiger partial charge in [0.25, 0.3) is 0 Å². The highest BCUT2D eigenvalue weighted by atomic mass is 35.5. The highest BCUT2D eigenvalue weighted by Crippen LogP contribution is 2.32. The molecule has 0 spiro atoms. The largest absolute Gasteiger partial charge is 0.465 e. The maximum absolute atomic E-state index is 11.9. The molecule has 1 fully saturated rings. The van der Waals surface area contributed by atoms with Gasteiger partial charge in [0.2, 0.25) is 0 Å². The number of hydrogen-bond donors (Lipinski definition) is 0. The molecule has 108 valence electrons. The van der Waals surface area contributed by atoms with Gasteiger partial charge in [0.15, 0.2) is 5.75 Å². The summed E-state index contributed by atoms with van der Waals surface area (Å²) in [6.45, 7) is 1.32. The van der Waals surface area contributed by atoms with Crippen LogP contribution < -0.4 is 4.74 Å². The summed E-state index contributed by atoms with van der Waals surface area (Å²) in [7, 11) is 1.24. The number of ether oxygens (including phenoxy) is 2. The van der Waals surface area contributed by atoms with E-state index in [1.54, 1.807) is 4.90 Å². The van der Waals surface area contributed by atoms with Gasteiger partial charge in [-0.25, -0.2) is 9.59 Å². The van der Waals surface area contributed by atoms with E-state index in [0.717, 1.165) is 12.8 Å². The lowest BCUT2D eigenvalue weighted by Gasteiger charge is -2.16. The summed E-state index contributed by atoms with van der Waals surface area (Å²) in [5.74, 6) is -0.529. The zero-order valence-electron chi connectivity index (χ0n) is 10.8. The molecular weight excluding hydrogens is 305 g/mol. The Hall–Kier alpha value is -1.46. The van der Waals surface area contributed by atoms with Crippen molar-refractivity contribution in [3.63, 3.8) is 0 Å². The first-order chi connectivity index (χ1) is 9.52. The standard InChI is InChI=1S/C13H13Cl2NO4/c1-19-12(17)8-6-11(10(15)7-9(8)14)20-13(18)16-4-2-3-5-16/h6-7H,2-5H2,1H3. The average molecular weight is 318 g/mol. The van der Waals surface area contributed by atoms with E-state index in [1.165, 1.54) is 19.2 Å². The van der Waals surface area contributed by atoms with E-state index >= 15 is 0 Å². The lowest BCUT2D eigenvalue weighted by atomic mass is 10.2. The number of halogens is 2. The molecule has 1 aliphatic heterocycles. The van der Waals surface area contributed by atoms with E-state index in [-0.39, 0.29) is 21.4 Å². The zero-order valence-corrected chi connectivity index (χ0v) is 12.3. The van der Waals surface area contributed by atoms with E-state index in [9.17, 15) is 9.59 Å². The second-order valence-electron chi connectivity index (χ2n) is 4.32. The van der Waals surface area contributed by atoms with Crippen molar-refractivity contribution in [2.45, 2.75) is 12.8 Å². The number of nitrogens with zero attached hydrogens (tertiary/aromatic N) is 1. The normalized spacial score (nSPS) is 14.2. The van der Waals surface area contributed by atoms with Crippen LogP contribution in [0.15, 0.2) is 12.1 Å². The Morgan fingerprint density at radius 2 is 1.80 bits per heavy atom. The Bertz CT molecular complexity index is 541. The average Bonchev–Trinajstić information content (AvgIpc) is 2.95. The van der Waals surface area contributed by atoms with Crippen LogP contribution in [0.25, 0.3) is 0 Å². The molecule has 0 saturated carbocycles. The molecule has 0 aromatic heterocycles. The lowest BCUT2D eigenvalue weighted by Crippen LogP contribution is -2.30. The van der Waals surface area contributed by atoms with Crippen molar-refractivity contribution in [1.29, 1.82) is 0 Å². The van der Waals surface area contributed by atoms with Crippen molar-refractivity contribution in [2.75, 3.05) is 20.2 Å². The van der Waals surface area contributed by atoms with Crippen LogP contribution in [0, 0.1) is 0 Å². The van der Waals surface area contributed by atoms with E-state index in [4.69, 9.17) is 27.9 Å². The molecule has 0 N–H and O–H groups in total. The Kier molecular flexibility index (Phi) is 4.73. The molecule has 0 aliphatic carbocycles. The van der Waals surface area contributed by atoms with Gasteiger partial charge >= 0.3 is 12.1 Å². The third-order valence-corrected chi connectivity index (χ3v) is 3.60. The Morgan fingerprint density at radius 1 is 1.15 bits per heavy atom. The SMILES string of the molecule is COC(=O)c1cc(OC(=O)N2CCCC2)c(Cl)cc1Cl. The minimum atomic E-state index is -0.620. The fraction of sp³-hybridized carbons (Fsp3) is 0.385. The fourth-order valence-corrected chi connectivity index (χ4v) is 2.43. The molecule has 1 heterocycles. The first-order valence-corrected chi connectivity index (χ1v) is 6.82. The first kappa shape index (κ1) is 14.9. The molecule has 1 saturated heterocycles. The van der Waals surface area contributed by atoms with E-state index in [2.05, 4.69) is 4.74 Å². The van der Waals surface area contributed by atoms with Crippen LogP contribution >= 0.6 is 23.2 Å². The molecule has 0 radical (unpaired) electrons. The number of hydrogen-bond acceptors (Lipinski definition) is 4. The topological polar surface area (TPSA) is 55.8 Å². The predicted molar refractivity (Wildman–Crippen MR) is 74.6 cm³/mol. The van der Waals surface area contributed by atoms with Gasteiger partial charge in [0.05, 0.1) is 22.7 Å². The molecule has 2 rings (SSSR count). The van der Waals surface area contributed by atoms with E-state index in [1.807, 2.05) is 0 Å². The van der Waals surface area contributed by atoms with Gasteiger partial charge in [-0.1, -0.05) is 23.2 Å². The second kappa shape index (κ2) is 6.33. The molecule has 1 amide bonds. The fourth-order valence-electron chi connectivity index (χ4n) is 1.93. The summed E-state index contributed by atoms with van der Waals surface area (Å²) < 4.78 is 9.81. The molecule has 7 heteroatoms. The van der Waals surface area contributed by atoms with Gasteiger partial charge < -0.3 is 14.4 Å². The van der Waals surface area contributed by atoms with Crippen LogP contribution in [-0.2, 0) is 4.74 Å². The summed E-state index contributed by atoms with van der Waals surface area (Å²) in [4.78, 5) is 25.0. The van der Waals surface area contributed by atoms with Gasteiger partial charge in [-0.15, -0.1) is 0 Å². The number of carbonyl (C=O) groups is 2. The number of methoxy groups -OCH3 is 1. The zero-order chi connectivity index (χ0) is 14.7. The molecule has 0 unspecified atom stereocenters. The van der Waals surface area contributed by atoms with Gasteiger partial charge in [-0.05, 0) is 25.0 Å². The third-order valence-electron chi connectivity index (χ3n) is 2.99. The summed E-state index contributed by atoms with van der Waals surface area (Å²) >= 11 is 11.9. The summed E-state index contributed by atoms with van der Waals surface area (Å²) in [5, 5.41) is 0.304. The van der Waals surface area contributed by atoms with E-state index in [0.29, 0.717) is 13.1 Å². The van der Waals surface area contributed by atoms with Crippen LogP contribution in [0.5, 0.6) is 5.75 Å². The van der Waals surface area contributed by atoms with Crippen LogP contribution in [0.3, 0.4) is 0 Å². The number of likely N-dealkylation sites (tertiary alicyclic amines) is 1. The van der Waals surface area contributed by atoms with Crippen molar-refractivity contribution in [1.82, 2.24) is 4.90 Å². The number of benzene rings is 1. The monoisotopic (exact) mass is 317 g/mol. The van der Waals surface area contributed by atoms with Crippen LogP contribution in [0.1, 0.15) is 23.2 Å². The Morgan fingerprint density at radius 3 is 2.40 bits per heavy atom. The smallest absolute Gasteiger partial charge is 0.415 e. The number of rotatable bonds is 2. The van der Waals surface area contributed by atoms with Gasteiger partial charge in [-0.3, -0.25) is 0 Å². The maximum Gasteiger partial charge on any atom is 0.415 e. The van der Waals surface area contributed by atoms with Crippen molar-refractivity contribution in [3.8, 4) is 5.75 Å². The third kappa shape index (κ3) is 3.16. The summed E-state index contributed by atoms with van der Waals surface area (Å²) in [6.07, 6.45) is 1.43. The lowest BCUT2D eigenvalue weighted by molar-refractivity contribution is 0.0600. The van der Waals surface area contributed by atoms with E-state index < -0.39 is 12.1 Å².